The van der Waals surface area contributed by atoms with Gasteiger partial charge in [-0.25, -0.2) is 4.68 Å². The number of carbonyl (C=O) groups is 4. The third kappa shape index (κ3) is 3.80. The molecule has 11 nitrogen and oxygen atoms in total. The number of piperidine rings is 1. The highest BCUT2D eigenvalue weighted by Gasteiger charge is 2.39. The molecule has 5 rings (SSSR count). The van der Waals surface area contributed by atoms with Crippen LogP contribution in [0.3, 0.4) is 0 Å². The first-order valence-corrected chi connectivity index (χ1v) is 10.6. The van der Waals surface area contributed by atoms with Crippen LogP contribution in [0.2, 0.25) is 0 Å². The van der Waals surface area contributed by atoms with Crippen LogP contribution in [0, 0.1) is 0 Å². The van der Waals surface area contributed by atoms with Crippen molar-refractivity contribution in [2.45, 2.75) is 31.5 Å². The van der Waals surface area contributed by atoms with Crippen LogP contribution >= 0.6 is 0 Å². The van der Waals surface area contributed by atoms with Crippen LogP contribution < -0.4 is 5.32 Å². The zero-order chi connectivity index (χ0) is 23.1. The number of imide groups is 1. The Morgan fingerprint density at radius 2 is 2.09 bits per heavy atom. The number of benzene rings is 1. The van der Waals surface area contributed by atoms with Gasteiger partial charge >= 0.3 is 0 Å². The number of ether oxygens (including phenoxy) is 1. The molecule has 0 radical (unpaired) electrons. The molecule has 1 fully saturated rings. The van der Waals surface area contributed by atoms with Crippen molar-refractivity contribution in [1.29, 1.82) is 0 Å². The summed E-state index contributed by atoms with van der Waals surface area (Å²) in [6.45, 7) is 1.20. The average molecular weight is 450 g/mol. The molecule has 1 aromatic heterocycles. The number of methoxy groups -OCH3 is 1. The smallest absolute Gasteiger partial charge is 0.276 e. The molecule has 2 atom stereocenters. The van der Waals surface area contributed by atoms with Crippen molar-refractivity contribution in [3.8, 4) is 5.69 Å². The molecule has 1 saturated heterocycles. The van der Waals surface area contributed by atoms with Crippen LogP contribution in [-0.4, -0.2) is 80.8 Å². The van der Waals surface area contributed by atoms with E-state index >= 15 is 0 Å². The fourth-order valence-corrected chi connectivity index (χ4v) is 4.35. The van der Waals surface area contributed by atoms with Crippen LogP contribution in [0.4, 0.5) is 0 Å². The van der Waals surface area contributed by atoms with Crippen LogP contribution in [0.5, 0.6) is 0 Å². The van der Waals surface area contributed by atoms with Gasteiger partial charge in [-0.05, 0) is 24.1 Å². The Morgan fingerprint density at radius 1 is 1.24 bits per heavy atom. The summed E-state index contributed by atoms with van der Waals surface area (Å²) in [5, 5.41) is 10.4. The zero-order valence-corrected chi connectivity index (χ0v) is 17.9. The summed E-state index contributed by atoms with van der Waals surface area (Å²) in [7, 11) is 1.59. The van der Waals surface area contributed by atoms with Crippen LogP contribution in [-0.2, 0) is 20.9 Å². The first-order valence-electron chi connectivity index (χ1n) is 10.6. The maximum absolute atomic E-state index is 13.0. The molecule has 0 aliphatic carbocycles. The van der Waals surface area contributed by atoms with Crippen molar-refractivity contribution in [3.63, 3.8) is 0 Å². The Labute approximate surface area is 189 Å². The van der Waals surface area contributed by atoms with E-state index < -0.39 is 11.9 Å². The van der Waals surface area contributed by atoms with Crippen molar-refractivity contribution in [2.75, 3.05) is 20.2 Å². The fraction of sp³-hybridized carbons (Fsp3) is 0.364. The largest absolute Gasteiger partial charge is 0.376 e. The number of rotatable bonds is 4. The summed E-state index contributed by atoms with van der Waals surface area (Å²) in [4.78, 5) is 52.6. The number of fused-ring (bicyclic) bond motifs is 1. The maximum atomic E-state index is 13.0. The Morgan fingerprint density at radius 3 is 2.88 bits per heavy atom. The molecule has 2 aromatic rings. The first-order chi connectivity index (χ1) is 15.9. The topological polar surface area (TPSA) is 127 Å². The van der Waals surface area contributed by atoms with Crippen LogP contribution in [0.15, 0.2) is 36.5 Å². The Balaban J connectivity index is 1.34. The van der Waals surface area contributed by atoms with E-state index in [-0.39, 0.29) is 35.9 Å². The monoisotopic (exact) mass is 450 g/mol. The second-order valence-electron chi connectivity index (χ2n) is 8.20. The van der Waals surface area contributed by atoms with E-state index in [4.69, 9.17) is 4.74 Å². The summed E-state index contributed by atoms with van der Waals surface area (Å²) in [5.41, 5.74) is 2.02. The first kappa shape index (κ1) is 21.0. The van der Waals surface area contributed by atoms with E-state index in [1.54, 1.807) is 30.2 Å². The maximum Gasteiger partial charge on any atom is 0.276 e. The standard InChI is InChI=1S/C22H22N6O5/c1-33-15-3-2-8-26(11-15)22(32)17-12-28(25-24-17)14-5-4-13-10-27(21(31)16(13)9-14)18-6-7-19(29)23-20(18)30/h2-5,9,12,15,18H,6-8,10-11H2,1H3,(H,23,29,30). The fourth-order valence-electron chi connectivity index (χ4n) is 4.35. The number of carbonyl (C=O) groups excluding carboxylic acids is 4. The Hall–Kier alpha value is -3.86. The highest BCUT2D eigenvalue weighted by molar-refractivity contribution is 6.05. The van der Waals surface area contributed by atoms with Gasteiger partial charge in [0.05, 0.1) is 24.5 Å². The van der Waals surface area contributed by atoms with E-state index in [0.717, 1.165) is 5.56 Å². The summed E-state index contributed by atoms with van der Waals surface area (Å²) < 4.78 is 6.75. The zero-order valence-electron chi connectivity index (χ0n) is 17.9. The molecule has 1 N–H and O–H groups in total. The minimum absolute atomic E-state index is 0.159. The van der Waals surface area contributed by atoms with Crippen LogP contribution in [0.25, 0.3) is 5.69 Å². The third-order valence-corrected chi connectivity index (χ3v) is 6.16. The lowest BCUT2D eigenvalue weighted by molar-refractivity contribution is -0.136. The lowest BCUT2D eigenvalue weighted by Gasteiger charge is -2.29. The van der Waals surface area contributed by atoms with Gasteiger partial charge in [0.25, 0.3) is 11.8 Å². The predicted octanol–water partition coefficient (Wildman–Crippen LogP) is 0.0553. The summed E-state index contributed by atoms with van der Waals surface area (Å²) in [5.74, 6) is -1.30. The summed E-state index contributed by atoms with van der Waals surface area (Å²) >= 11 is 0. The number of nitrogens with one attached hydrogen (secondary N) is 1. The Bertz CT molecular complexity index is 1190. The van der Waals surface area contributed by atoms with Crippen molar-refractivity contribution in [1.82, 2.24) is 30.1 Å². The minimum Gasteiger partial charge on any atom is -0.376 e. The molecule has 0 saturated carbocycles. The van der Waals surface area contributed by atoms with Gasteiger partial charge < -0.3 is 14.5 Å². The van der Waals surface area contributed by atoms with Crippen molar-refractivity contribution >= 4 is 23.6 Å². The molecule has 4 amide bonds. The van der Waals surface area contributed by atoms with Gasteiger partial charge in [-0.15, -0.1) is 5.10 Å². The van der Waals surface area contributed by atoms with E-state index in [1.807, 2.05) is 12.2 Å². The number of hydrogen-bond acceptors (Lipinski definition) is 7. The molecule has 170 valence electrons. The van der Waals surface area contributed by atoms with Crippen molar-refractivity contribution < 1.29 is 23.9 Å². The van der Waals surface area contributed by atoms with E-state index in [1.165, 1.54) is 15.8 Å². The Kier molecular flexibility index (Phi) is 5.25. The van der Waals surface area contributed by atoms with Crippen molar-refractivity contribution in [3.05, 3.63) is 53.4 Å². The summed E-state index contributed by atoms with van der Waals surface area (Å²) in [6, 6.07) is 4.59. The molecule has 0 spiro atoms. The molecular formula is C22H22N6O5. The lowest BCUT2D eigenvalue weighted by Crippen LogP contribution is -2.52. The molecule has 33 heavy (non-hydrogen) atoms. The molecule has 2 unspecified atom stereocenters. The quantitative estimate of drug-likeness (QED) is 0.515. The number of aromatic nitrogens is 3. The molecule has 0 bridgehead atoms. The number of amides is 4. The van der Waals surface area contributed by atoms with Gasteiger partial charge in [0.1, 0.15) is 6.04 Å². The number of hydrogen-bond donors (Lipinski definition) is 1. The predicted molar refractivity (Wildman–Crippen MR) is 113 cm³/mol. The lowest BCUT2D eigenvalue weighted by atomic mass is 10.0. The van der Waals surface area contributed by atoms with E-state index in [2.05, 4.69) is 15.6 Å². The van der Waals surface area contributed by atoms with Gasteiger partial charge in [-0.3, -0.25) is 24.5 Å². The molecular weight excluding hydrogens is 428 g/mol. The minimum atomic E-state index is -0.670. The molecule has 3 aliphatic heterocycles. The number of nitrogens with zero attached hydrogens (tertiary/aromatic N) is 5. The van der Waals surface area contributed by atoms with Gasteiger partial charge in [0.2, 0.25) is 11.8 Å². The summed E-state index contributed by atoms with van der Waals surface area (Å²) in [6.07, 6.45) is 5.67. The SMILES string of the molecule is COC1C=CCN(C(=O)c2cn(-c3ccc4c(c3)C(=O)N(C3CCC(=O)NC3=O)C4)nn2)C1. The molecule has 3 aliphatic rings. The van der Waals surface area contributed by atoms with Gasteiger partial charge in [0.15, 0.2) is 5.69 Å². The second kappa shape index (κ2) is 8.24. The highest BCUT2D eigenvalue weighted by atomic mass is 16.5. The van der Waals surface area contributed by atoms with E-state index in [9.17, 15) is 19.2 Å². The normalized spacial score (nSPS) is 22.5. The second-order valence-corrected chi connectivity index (χ2v) is 8.20. The van der Waals surface area contributed by atoms with Crippen molar-refractivity contribution in [2.24, 2.45) is 0 Å². The molecule has 11 heteroatoms. The van der Waals surface area contributed by atoms with Gasteiger partial charge in [0, 0.05) is 32.2 Å². The third-order valence-electron chi connectivity index (χ3n) is 6.16. The average Bonchev–Trinajstić information content (AvgIpc) is 3.44. The van der Waals surface area contributed by atoms with Gasteiger partial charge in [-0.1, -0.05) is 23.4 Å². The highest BCUT2D eigenvalue weighted by Crippen LogP contribution is 2.29. The molecule has 4 heterocycles. The molecule has 1 aromatic carbocycles. The van der Waals surface area contributed by atoms with Crippen LogP contribution in [0.1, 0.15) is 39.3 Å². The van der Waals surface area contributed by atoms with E-state index in [0.29, 0.717) is 37.3 Å². The van der Waals surface area contributed by atoms with Gasteiger partial charge in [-0.2, -0.15) is 0 Å².